The van der Waals surface area contributed by atoms with E-state index in [2.05, 4.69) is 35.2 Å². The van der Waals surface area contributed by atoms with Crippen molar-refractivity contribution in [3.63, 3.8) is 0 Å². The molecule has 2 aromatic carbocycles. The van der Waals surface area contributed by atoms with Gasteiger partial charge < -0.3 is 10.2 Å². The van der Waals surface area contributed by atoms with Gasteiger partial charge in [-0.25, -0.2) is 9.97 Å². The predicted octanol–water partition coefficient (Wildman–Crippen LogP) is 5.20. The second-order valence-electron chi connectivity index (χ2n) is 7.60. The Labute approximate surface area is 172 Å². The molecule has 150 valence electrons. The molecule has 0 aliphatic heterocycles. The molecule has 1 amide bonds. The molecule has 1 aromatic heterocycles. The predicted molar refractivity (Wildman–Crippen MR) is 117 cm³/mol. The second-order valence-corrected chi connectivity index (χ2v) is 7.60. The molecule has 0 bridgehead atoms. The van der Waals surface area contributed by atoms with Gasteiger partial charge in [0.15, 0.2) is 0 Å². The molecule has 0 atom stereocenters. The minimum absolute atomic E-state index is 0.0494. The van der Waals surface area contributed by atoms with Crippen LogP contribution in [-0.2, 0) is 6.54 Å². The van der Waals surface area contributed by atoms with Crippen LogP contribution in [0.4, 0.5) is 11.6 Å². The van der Waals surface area contributed by atoms with Crippen LogP contribution in [0, 0.1) is 20.8 Å². The minimum Gasteiger partial charge on any atom is -0.331 e. The number of rotatable bonds is 6. The molecule has 1 heterocycles. The molecule has 0 saturated heterocycles. The van der Waals surface area contributed by atoms with Crippen LogP contribution in [0.25, 0.3) is 0 Å². The van der Waals surface area contributed by atoms with Crippen molar-refractivity contribution >= 4 is 17.5 Å². The Morgan fingerprint density at radius 2 is 1.72 bits per heavy atom. The smallest absolute Gasteiger partial charge is 0.273 e. The summed E-state index contributed by atoms with van der Waals surface area (Å²) >= 11 is 0. The van der Waals surface area contributed by atoms with Crippen LogP contribution in [0.3, 0.4) is 0 Å². The number of benzene rings is 2. The van der Waals surface area contributed by atoms with Crippen molar-refractivity contribution < 1.29 is 4.79 Å². The van der Waals surface area contributed by atoms with Gasteiger partial charge in [0, 0.05) is 24.0 Å². The fraction of sp³-hybridized carbons (Fsp3) is 0.292. The molecule has 1 N–H and O–H groups in total. The summed E-state index contributed by atoms with van der Waals surface area (Å²) in [4.78, 5) is 24.1. The molecule has 29 heavy (non-hydrogen) atoms. The van der Waals surface area contributed by atoms with Crippen LogP contribution in [0.2, 0.25) is 0 Å². The first-order valence-corrected chi connectivity index (χ1v) is 9.89. The monoisotopic (exact) mass is 388 g/mol. The number of aryl methyl sites for hydroxylation is 2. The van der Waals surface area contributed by atoms with E-state index in [1.807, 2.05) is 68.1 Å². The van der Waals surface area contributed by atoms with Gasteiger partial charge in [-0.2, -0.15) is 0 Å². The largest absolute Gasteiger partial charge is 0.331 e. The second kappa shape index (κ2) is 8.86. The van der Waals surface area contributed by atoms with Gasteiger partial charge in [-0.3, -0.25) is 4.79 Å². The number of aromatic nitrogens is 2. The number of amides is 1. The van der Waals surface area contributed by atoms with E-state index in [1.54, 1.807) is 6.07 Å². The van der Waals surface area contributed by atoms with Gasteiger partial charge in [0.1, 0.15) is 5.69 Å². The Balaban J connectivity index is 1.89. The highest BCUT2D eigenvalue weighted by Gasteiger charge is 2.21. The Kier molecular flexibility index (Phi) is 6.27. The molecule has 5 nitrogen and oxygen atoms in total. The van der Waals surface area contributed by atoms with Gasteiger partial charge in [0.2, 0.25) is 5.95 Å². The number of carbonyl (C=O) groups excluding carboxylic acids is 1. The SMILES string of the molecule is Cc1cc(C(=O)N(Cc2ccccc2)C(C)C)nc(Nc2cccc(C)c2C)n1. The maximum Gasteiger partial charge on any atom is 0.273 e. The quantitative estimate of drug-likeness (QED) is 0.631. The van der Waals surface area contributed by atoms with Gasteiger partial charge in [-0.1, -0.05) is 42.5 Å². The zero-order valence-electron chi connectivity index (χ0n) is 17.7. The van der Waals surface area contributed by atoms with E-state index >= 15 is 0 Å². The highest BCUT2D eigenvalue weighted by Crippen LogP contribution is 2.22. The average Bonchev–Trinajstić information content (AvgIpc) is 2.69. The van der Waals surface area contributed by atoms with Crippen LogP contribution >= 0.6 is 0 Å². The highest BCUT2D eigenvalue weighted by molar-refractivity contribution is 5.93. The summed E-state index contributed by atoms with van der Waals surface area (Å²) < 4.78 is 0. The van der Waals surface area contributed by atoms with Crippen molar-refractivity contribution in [2.45, 2.75) is 47.2 Å². The van der Waals surface area contributed by atoms with Crippen molar-refractivity contribution in [3.05, 3.63) is 82.7 Å². The van der Waals surface area contributed by atoms with E-state index in [-0.39, 0.29) is 11.9 Å². The number of hydrogen-bond donors (Lipinski definition) is 1. The lowest BCUT2D eigenvalue weighted by atomic mass is 10.1. The summed E-state index contributed by atoms with van der Waals surface area (Å²) in [6.07, 6.45) is 0. The van der Waals surface area contributed by atoms with E-state index in [9.17, 15) is 4.79 Å². The Hall–Kier alpha value is -3.21. The first-order chi connectivity index (χ1) is 13.8. The molecule has 0 aliphatic carbocycles. The summed E-state index contributed by atoms with van der Waals surface area (Å²) in [5.74, 6) is 0.337. The number of carbonyl (C=O) groups is 1. The molecule has 0 radical (unpaired) electrons. The third-order valence-corrected chi connectivity index (χ3v) is 5.00. The summed E-state index contributed by atoms with van der Waals surface area (Å²) in [6.45, 7) is 10.6. The maximum absolute atomic E-state index is 13.3. The van der Waals surface area contributed by atoms with Crippen LogP contribution < -0.4 is 5.32 Å². The molecule has 5 heteroatoms. The summed E-state index contributed by atoms with van der Waals surface area (Å²) in [5, 5.41) is 3.27. The van der Waals surface area contributed by atoms with Crippen LogP contribution in [0.15, 0.2) is 54.6 Å². The Bertz CT molecular complexity index is 999. The first-order valence-electron chi connectivity index (χ1n) is 9.89. The van der Waals surface area contributed by atoms with Gasteiger partial charge in [-0.15, -0.1) is 0 Å². The van der Waals surface area contributed by atoms with Crippen molar-refractivity contribution in [1.29, 1.82) is 0 Å². The van der Waals surface area contributed by atoms with Crippen molar-refractivity contribution in [2.75, 3.05) is 5.32 Å². The summed E-state index contributed by atoms with van der Waals surface area (Å²) in [7, 11) is 0. The molecule has 3 rings (SSSR count). The lowest BCUT2D eigenvalue weighted by Gasteiger charge is -2.27. The lowest BCUT2D eigenvalue weighted by Crippen LogP contribution is -2.37. The Morgan fingerprint density at radius 3 is 2.41 bits per heavy atom. The molecule has 0 fully saturated rings. The molecule has 0 unspecified atom stereocenters. The van der Waals surface area contributed by atoms with E-state index in [4.69, 9.17) is 0 Å². The highest BCUT2D eigenvalue weighted by atomic mass is 16.2. The van der Waals surface area contributed by atoms with E-state index in [1.165, 1.54) is 5.56 Å². The molecule has 3 aromatic rings. The van der Waals surface area contributed by atoms with Crippen LogP contribution in [0.1, 0.15) is 46.7 Å². The fourth-order valence-corrected chi connectivity index (χ4v) is 3.16. The molecule has 0 aliphatic rings. The third-order valence-electron chi connectivity index (χ3n) is 5.00. The summed E-state index contributed by atoms with van der Waals surface area (Å²) in [6, 6.07) is 17.9. The van der Waals surface area contributed by atoms with E-state index in [0.29, 0.717) is 18.2 Å². The normalized spacial score (nSPS) is 10.8. The van der Waals surface area contributed by atoms with Gasteiger partial charge in [0.25, 0.3) is 5.91 Å². The van der Waals surface area contributed by atoms with Gasteiger partial charge in [0.05, 0.1) is 0 Å². The Morgan fingerprint density at radius 1 is 1.00 bits per heavy atom. The number of hydrogen-bond acceptors (Lipinski definition) is 4. The fourth-order valence-electron chi connectivity index (χ4n) is 3.16. The number of nitrogens with one attached hydrogen (secondary N) is 1. The maximum atomic E-state index is 13.3. The molecular formula is C24H28N4O. The van der Waals surface area contributed by atoms with Crippen LogP contribution in [-0.4, -0.2) is 26.8 Å². The molecule has 0 spiro atoms. The van der Waals surface area contributed by atoms with Crippen molar-refractivity contribution in [1.82, 2.24) is 14.9 Å². The van der Waals surface area contributed by atoms with Crippen molar-refractivity contribution in [3.8, 4) is 0 Å². The topological polar surface area (TPSA) is 58.1 Å². The van der Waals surface area contributed by atoms with Gasteiger partial charge in [-0.05, 0) is 63.4 Å². The van der Waals surface area contributed by atoms with Gasteiger partial charge >= 0.3 is 0 Å². The zero-order chi connectivity index (χ0) is 21.0. The number of nitrogens with zero attached hydrogens (tertiary/aromatic N) is 3. The lowest BCUT2D eigenvalue weighted by molar-refractivity contribution is 0.0684. The standard InChI is InChI=1S/C24H28N4O/c1-16(2)28(15-20-11-7-6-8-12-20)23(29)22-14-18(4)25-24(27-22)26-21-13-9-10-17(3)19(21)5/h6-14,16H,15H2,1-5H3,(H,25,26,27). The number of anilines is 2. The first kappa shape index (κ1) is 20.5. The molecular weight excluding hydrogens is 360 g/mol. The average molecular weight is 389 g/mol. The zero-order valence-corrected chi connectivity index (χ0v) is 17.7. The third kappa shape index (κ3) is 4.99. The minimum atomic E-state index is -0.0987. The van der Waals surface area contributed by atoms with E-state index < -0.39 is 0 Å². The van der Waals surface area contributed by atoms with Crippen LogP contribution in [0.5, 0.6) is 0 Å². The molecule has 0 saturated carbocycles. The van der Waals surface area contributed by atoms with Crippen molar-refractivity contribution in [2.24, 2.45) is 0 Å². The summed E-state index contributed by atoms with van der Waals surface area (Å²) in [5.41, 5.74) is 5.51. The van der Waals surface area contributed by atoms with E-state index in [0.717, 1.165) is 22.5 Å².